The van der Waals surface area contributed by atoms with E-state index in [-0.39, 0.29) is 11.5 Å². The maximum atomic E-state index is 10.6. The largest absolute Gasteiger partial charge is 0.506 e. The molecule has 160 valence electrons. The highest BCUT2D eigenvalue weighted by Gasteiger charge is 2.38. The maximum Gasteiger partial charge on any atom is 0.490 e. The number of phenols is 1. The van der Waals surface area contributed by atoms with Crippen molar-refractivity contribution in [1.29, 1.82) is 0 Å². The van der Waals surface area contributed by atoms with E-state index in [2.05, 4.69) is 5.32 Å². The Kier molecular flexibility index (Phi) is 8.92. The van der Waals surface area contributed by atoms with Gasteiger partial charge in [-0.25, -0.2) is 4.79 Å². The molecule has 0 unspecified atom stereocenters. The van der Waals surface area contributed by atoms with E-state index in [1.807, 2.05) is 42.5 Å². The molecule has 0 aliphatic rings. The van der Waals surface area contributed by atoms with E-state index in [4.69, 9.17) is 14.5 Å². The van der Waals surface area contributed by atoms with Crippen LogP contribution < -0.4 is 5.32 Å². The van der Waals surface area contributed by atoms with Gasteiger partial charge in [0.1, 0.15) is 5.75 Å². The summed E-state index contributed by atoms with van der Waals surface area (Å²) in [6.45, 7) is 0.515. The van der Waals surface area contributed by atoms with Crippen LogP contribution in [0, 0.1) is 0 Å². The van der Waals surface area contributed by atoms with Crippen molar-refractivity contribution in [2.75, 3.05) is 17.6 Å². The second kappa shape index (κ2) is 10.7. The molecular weight excluding hydrogens is 415 g/mol. The number of halogens is 3. The molecule has 0 aliphatic carbocycles. The predicted octanol–water partition coefficient (Wildman–Crippen LogP) is 3.77. The summed E-state index contributed by atoms with van der Waals surface area (Å²) in [5.41, 5.74) is 2.64. The fourth-order valence-electron chi connectivity index (χ4n) is 2.12. The van der Waals surface area contributed by atoms with Gasteiger partial charge in [0.2, 0.25) is 0 Å². The van der Waals surface area contributed by atoms with Crippen LogP contribution in [0.5, 0.6) is 5.75 Å². The highest BCUT2D eigenvalue weighted by Crippen LogP contribution is 2.29. The summed E-state index contributed by atoms with van der Waals surface area (Å²) in [6.07, 6.45) is -4.14. The highest BCUT2D eigenvalue weighted by molar-refractivity contribution is 7.85. The maximum absolute atomic E-state index is 10.6. The average Bonchev–Trinajstić information content (AvgIpc) is 2.62. The van der Waals surface area contributed by atoms with E-state index in [0.29, 0.717) is 25.1 Å². The van der Waals surface area contributed by atoms with Crippen molar-refractivity contribution < 1.29 is 41.1 Å². The number of hydrogen-bond acceptors (Lipinski definition) is 5. The second-order valence-electron chi connectivity index (χ2n) is 5.82. The number of carboxylic acids is 1. The third-order valence-electron chi connectivity index (χ3n) is 3.49. The van der Waals surface area contributed by atoms with Crippen molar-refractivity contribution in [1.82, 2.24) is 0 Å². The lowest BCUT2D eigenvalue weighted by Gasteiger charge is -2.10. The molecule has 2 aromatic rings. The first-order chi connectivity index (χ1) is 13.4. The molecule has 2 rings (SSSR count). The minimum absolute atomic E-state index is 0.148. The lowest BCUT2D eigenvalue weighted by Crippen LogP contribution is -2.21. The van der Waals surface area contributed by atoms with Gasteiger partial charge in [0, 0.05) is 6.54 Å². The number of aliphatic carboxylic acids is 1. The molecule has 0 aromatic heterocycles. The molecule has 0 atom stereocenters. The standard InChI is InChI=1S/C16H19NO4S.C2HF3O2/c18-16-9-8-14(13-6-2-1-3-7-13)12-15(16)17-10-4-5-11-22(19,20)21;3-2(4,5)1(6)7/h1-3,6-9,12,17-18H,4-5,10-11H2,(H,19,20,21);(H,6,7). The van der Waals surface area contributed by atoms with E-state index < -0.39 is 22.3 Å². The number of carbonyl (C=O) groups is 1. The van der Waals surface area contributed by atoms with Gasteiger partial charge in [0.25, 0.3) is 10.1 Å². The Morgan fingerprint density at radius 3 is 2.10 bits per heavy atom. The van der Waals surface area contributed by atoms with Crippen LogP contribution in [0.4, 0.5) is 18.9 Å². The van der Waals surface area contributed by atoms with Gasteiger partial charge in [-0.1, -0.05) is 36.4 Å². The molecule has 2 aromatic carbocycles. The van der Waals surface area contributed by atoms with Crippen LogP contribution in [0.2, 0.25) is 0 Å². The summed E-state index contributed by atoms with van der Waals surface area (Å²) >= 11 is 0. The number of alkyl halides is 3. The first kappa shape index (κ1) is 24.2. The lowest BCUT2D eigenvalue weighted by molar-refractivity contribution is -0.192. The van der Waals surface area contributed by atoms with Gasteiger partial charge in [-0.05, 0) is 36.1 Å². The summed E-state index contributed by atoms with van der Waals surface area (Å²) in [5.74, 6) is -2.85. The van der Waals surface area contributed by atoms with Crippen molar-refractivity contribution >= 4 is 21.8 Å². The molecule has 7 nitrogen and oxygen atoms in total. The zero-order valence-electron chi connectivity index (χ0n) is 15.1. The molecule has 0 aliphatic heterocycles. The topological polar surface area (TPSA) is 124 Å². The first-order valence-electron chi connectivity index (χ1n) is 8.28. The second-order valence-corrected chi connectivity index (χ2v) is 7.39. The minimum Gasteiger partial charge on any atom is -0.506 e. The molecule has 0 fully saturated rings. The fourth-order valence-corrected chi connectivity index (χ4v) is 2.69. The number of anilines is 1. The van der Waals surface area contributed by atoms with Crippen LogP contribution >= 0.6 is 0 Å². The zero-order valence-corrected chi connectivity index (χ0v) is 15.9. The van der Waals surface area contributed by atoms with Crippen LogP contribution in [-0.2, 0) is 14.9 Å². The van der Waals surface area contributed by atoms with E-state index in [9.17, 15) is 26.7 Å². The highest BCUT2D eigenvalue weighted by atomic mass is 32.2. The van der Waals surface area contributed by atoms with Gasteiger partial charge in [-0.15, -0.1) is 0 Å². The monoisotopic (exact) mass is 435 g/mol. The molecule has 0 bridgehead atoms. The van der Waals surface area contributed by atoms with Crippen LogP contribution in [0.3, 0.4) is 0 Å². The Morgan fingerprint density at radius 1 is 1.00 bits per heavy atom. The summed E-state index contributed by atoms with van der Waals surface area (Å²) in [4.78, 5) is 8.90. The number of benzene rings is 2. The normalized spacial score (nSPS) is 11.3. The smallest absolute Gasteiger partial charge is 0.490 e. The average molecular weight is 435 g/mol. The van der Waals surface area contributed by atoms with E-state index in [0.717, 1.165) is 11.1 Å². The Bertz CT molecular complexity index is 902. The number of aromatic hydroxyl groups is 1. The third-order valence-corrected chi connectivity index (χ3v) is 4.30. The Labute approximate surface area is 165 Å². The van der Waals surface area contributed by atoms with Gasteiger partial charge in [0.05, 0.1) is 11.4 Å². The molecule has 0 saturated heterocycles. The summed E-state index contributed by atoms with van der Waals surface area (Å²) in [5, 5.41) is 20.1. The first-order valence-corrected chi connectivity index (χ1v) is 9.88. The van der Waals surface area contributed by atoms with Crippen molar-refractivity contribution in [3.05, 3.63) is 48.5 Å². The van der Waals surface area contributed by atoms with E-state index in [1.54, 1.807) is 6.07 Å². The van der Waals surface area contributed by atoms with Crippen LogP contribution in [0.25, 0.3) is 11.1 Å². The molecule has 29 heavy (non-hydrogen) atoms. The molecule has 0 amide bonds. The van der Waals surface area contributed by atoms with E-state index >= 15 is 0 Å². The van der Waals surface area contributed by atoms with Gasteiger partial charge in [0.15, 0.2) is 0 Å². The molecule has 11 heteroatoms. The zero-order chi connectivity index (χ0) is 22.1. The van der Waals surface area contributed by atoms with E-state index in [1.165, 1.54) is 0 Å². The molecule has 0 radical (unpaired) electrons. The minimum atomic E-state index is -5.08. The summed E-state index contributed by atoms with van der Waals surface area (Å²) in [6, 6.07) is 15.1. The number of unbranched alkanes of at least 4 members (excludes halogenated alkanes) is 1. The van der Waals surface area contributed by atoms with Crippen molar-refractivity contribution in [3.63, 3.8) is 0 Å². The van der Waals surface area contributed by atoms with Crippen LogP contribution in [-0.4, -0.2) is 47.6 Å². The summed E-state index contributed by atoms with van der Waals surface area (Å²) in [7, 11) is -3.90. The number of phenolic OH excluding ortho intramolecular Hbond substituents is 1. The molecule has 0 saturated carbocycles. The number of hydrogen-bond donors (Lipinski definition) is 4. The Hall–Kier alpha value is -2.79. The van der Waals surface area contributed by atoms with Crippen LogP contribution in [0.1, 0.15) is 12.8 Å². The molecule has 4 N–H and O–H groups in total. The molecule has 0 spiro atoms. The fraction of sp³-hybridized carbons (Fsp3) is 0.278. The number of carboxylic acid groups (broad SMARTS) is 1. The number of nitrogens with one attached hydrogen (secondary N) is 1. The predicted molar refractivity (Wildman–Crippen MR) is 101 cm³/mol. The van der Waals surface area contributed by atoms with Gasteiger partial charge < -0.3 is 15.5 Å². The van der Waals surface area contributed by atoms with Crippen molar-refractivity contribution in [2.45, 2.75) is 19.0 Å². The Morgan fingerprint density at radius 2 is 1.59 bits per heavy atom. The van der Waals surface area contributed by atoms with Gasteiger partial charge in [-0.3, -0.25) is 4.55 Å². The SMILES string of the molecule is O=C(O)C(F)(F)F.O=S(=O)(O)CCCCNc1cc(-c2ccccc2)ccc1O. The quantitative estimate of drug-likeness (QED) is 0.296. The van der Waals surface area contributed by atoms with Gasteiger partial charge in [-0.2, -0.15) is 21.6 Å². The molecule has 0 heterocycles. The van der Waals surface area contributed by atoms with Gasteiger partial charge >= 0.3 is 12.1 Å². The Balaban J connectivity index is 0.000000516. The van der Waals surface area contributed by atoms with Crippen LogP contribution in [0.15, 0.2) is 48.5 Å². The third kappa shape index (κ3) is 9.81. The number of rotatable bonds is 7. The van der Waals surface area contributed by atoms with Crippen molar-refractivity contribution in [3.8, 4) is 16.9 Å². The van der Waals surface area contributed by atoms with Crippen molar-refractivity contribution in [2.24, 2.45) is 0 Å². The molecular formula is C18H20F3NO6S. The lowest BCUT2D eigenvalue weighted by atomic mass is 10.0. The summed E-state index contributed by atoms with van der Waals surface area (Å²) < 4.78 is 61.6.